The average Bonchev–Trinajstić information content (AvgIpc) is 2.95. The molecule has 1 aliphatic carbocycles. The highest BCUT2D eigenvalue weighted by Crippen LogP contribution is 2.39. The van der Waals surface area contributed by atoms with Gasteiger partial charge in [-0.15, -0.1) is 0 Å². The van der Waals surface area contributed by atoms with Gasteiger partial charge in [-0.25, -0.2) is 0 Å². The SMILES string of the molecule is Cn1c2c(c(=O)c3ccccc31)CC1C(=O)N(c3ccccc3)C(=O)C1C2. The molecule has 0 N–H and O–H groups in total. The van der Waals surface area contributed by atoms with Gasteiger partial charge in [-0.1, -0.05) is 30.3 Å². The van der Waals surface area contributed by atoms with Gasteiger partial charge >= 0.3 is 0 Å². The summed E-state index contributed by atoms with van der Waals surface area (Å²) < 4.78 is 2.01. The molecule has 5 heteroatoms. The molecule has 27 heavy (non-hydrogen) atoms. The summed E-state index contributed by atoms with van der Waals surface area (Å²) in [6, 6.07) is 16.5. The first-order valence-corrected chi connectivity index (χ1v) is 9.10. The molecule has 0 bridgehead atoms. The van der Waals surface area contributed by atoms with Crippen LogP contribution in [0.3, 0.4) is 0 Å². The Bertz CT molecular complexity index is 1160. The second kappa shape index (κ2) is 5.64. The van der Waals surface area contributed by atoms with Crippen LogP contribution < -0.4 is 10.3 Å². The lowest BCUT2D eigenvalue weighted by molar-refractivity contribution is -0.122. The van der Waals surface area contributed by atoms with E-state index in [0.29, 0.717) is 29.5 Å². The maximum absolute atomic E-state index is 13.0. The van der Waals surface area contributed by atoms with Crippen molar-refractivity contribution in [1.82, 2.24) is 4.57 Å². The molecule has 1 aliphatic heterocycles. The number of aromatic nitrogens is 1. The van der Waals surface area contributed by atoms with Crippen molar-refractivity contribution in [3.8, 4) is 0 Å². The number of aryl methyl sites for hydroxylation is 1. The zero-order chi connectivity index (χ0) is 18.7. The largest absolute Gasteiger partial charge is 0.347 e. The van der Waals surface area contributed by atoms with Crippen molar-refractivity contribution >= 4 is 28.4 Å². The molecule has 2 aromatic carbocycles. The maximum Gasteiger partial charge on any atom is 0.238 e. The number of hydrogen-bond acceptors (Lipinski definition) is 3. The highest BCUT2D eigenvalue weighted by molar-refractivity contribution is 6.22. The Kier molecular flexibility index (Phi) is 3.34. The molecule has 0 spiro atoms. The monoisotopic (exact) mass is 358 g/mol. The Morgan fingerprint density at radius 1 is 0.815 bits per heavy atom. The van der Waals surface area contributed by atoms with Crippen molar-refractivity contribution in [2.45, 2.75) is 12.8 Å². The predicted octanol–water partition coefficient (Wildman–Crippen LogP) is 2.44. The number of imide groups is 1. The molecule has 1 aromatic heterocycles. The van der Waals surface area contributed by atoms with Gasteiger partial charge in [0.15, 0.2) is 5.43 Å². The van der Waals surface area contributed by atoms with Crippen LogP contribution in [0.4, 0.5) is 5.69 Å². The van der Waals surface area contributed by atoms with Gasteiger partial charge in [0.2, 0.25) is 11.8 Å². The number of carbonyl (C=O) groups excluding carboxylic acids is 2. The number of nitrogens with zero attached hydrogens (tertiary/aromatic N) is 2. The molecule has 1 saturated heterocycles. The fraction of sp³-hybridized carbons (Fsp3) is 0.227. The van der Waals surface area contributed by atoms with Gasteiger partial charge in [0.1, 0.15) is 0 Å². The second-order valence-corrected chi connectivity index (χ2v) is 7.30. The quantitative estimate of drug-likeness (QED) is 0.628. The second-order valence-electron chi connectivity index (χ2n) is 7.30. The Hall–Kier alpha value is -3.21. The Morgan fingerprint density at radius 3 is 2.19 bits per heavy atom. The van der Waals surface area contributed by atoms with Crippen LogP contribution in [0.15, 0.2) is 59.4 Å². The Balaban J connectivity index is 1.65. The highest BCUT2D eigenvalue weighted by atomic mass is 16.2. The normalized spacial score (nSPS) is 21.4. The summed E-state index contributed by atoms with van der Waals surface area (Å²) in [7, 11) is 1.93. The topological polar surface area (TPSA) is 59.4 Å². The number of benzene rings is 2. The number of anilines is 1. The van der Waals surface area contributed by atoms with E-state index in [9.17, 15) is 14.4 Å². The summed E-state index contributed by atoms with van der Waals surface area (Å²) in [5.74, 6) is -1.23. The smallest absolute Gasteiger partial charge is 0.238 e. The van der Waals surface area contributed by atoms with Crippen molar-refractivity contribution in [3.05, 3.63) is 76.1 Å². The van der Waals surface area contributed by atoms with Gasteiger partial charge in [-0.05, 0) is 30.7 Å². The average molecular weight is 358 g/mol. The van der Waals surface area contributed by atoms with Gasteiger partial charge in [0.25, 0.3) is 0 Å². The molecule has 5 rings (SSSR count). The fourth-order valence-electron chi connectivity index (χ4n) is 4.57. The molecule has 3 aromatic rings. The molecule has 2 atom stereocenters. The van der Waals surface area contributed by atoms with Gasteiger partial charge in [0.05, 0.1) is 23.0 Å². The molecule has 5 nitrogen and oxygen atoms in total. The van der Waals surface area contributed by atoms with Crippen LogP contribution in [0.1, 0.15) is 11.3 Å². The number of fused-ring (bicyclic) bond motifs is 3. The summed E-state index contributed by atoms with van der Waals surface area (Å²) in [6.07, 6.45) is 0.746. The summed E-state index contributed by atoms with van der Waals surface area (Å²) in [5.41, 5.74) is 2.99. The minimum absolute atomic E-state index is 0.0180. The minimum atomic E-state index is -0.459. The molecule has 0 saturated carbocycles. The predicted molar refractivity (Wildman–Crippen MR) is 103 cm³/mol. The summed E-state index contributed by atoms with van der Waals surface area (Å²) in [4.78, 5) is 40.4. The lowest BCUT2D eigenvalue weighted by atomic mass is 9.78. The Morgan fingerprint density at radius 2 is 1.44 bits per heavy atom. The van der Waals surface area contributed by atoms with Crippen LogP contribution >= 0.6 is 0 Å². The van der Waals surface area contributed by atoms with Crippen LogP contribution in [-0.4, -0.2) is 16.4 Å². The van der Waals surface area contributed by atoms with Gasteiger partial charge < -0.3 is 4.57 Å². The first-order valence-electron chi connectivity index (χ1n) is 9.10. The summed E-state index contributed by atoms with van der Waals surface area (Å²) in [5, 5.41) is 0.661. The molecule has 1 fully saturated rings. The molecule has 2 heterocycles. The molecule has 2 amide bonds. The third kappa shape index (κ3) is 2.14. The highest BCUT2D eigenvalue weighted by Gasteiger charge is 2.51. The standard InChI is InChI=1S/C22H18N2O3/c1-23-18-10-6-5-9-14(18)20(25)17-11-15-16(12-19(17)23)22(27)24(21(15)26)13-7-3-2-4-8-13/h2-10,15-16H,11-12H2,1H3. The number of carbonyl (C=O) groups is 2. The van der Waals surface area contributed by atoms with Crippen LogP contribution in [0.25, 0.3) is 10.9 Å². The van der Waals surface area contributed by atoms with E-state index in [-0.39, 0.29) is 17.2 Å². The number of amides is 2. The molecular formula is C22H18N2O3. The van der Waals surface area contributed by atoms with Crippen molar-refractivity contribution in [2.24, 2.45) is 18.9 Å². The lowest BCUT2D eigenvalue weighted by Crippen LogP contribution is -2.34. The third-order valence-electron chi connectivity index (χ3n) is 5.95. The zero-order valence-corrected chi connectivity index (χ0v) is 14.9. The Labute approximate surface area is 155 Å². The van der Waals surface area contributed by atoms with Crippen molar-refractivity contribution in [2.75, 3.05) is 4.90 Å². The molecule has 0 radical (unpaired) electrons. The van der Waals surface area contributed by atoms with E-state index in [0.717, 1.165) is 11.2 Å². The number of rotatable bonds is 1. The van der Waals surface area contributed by atoms with E-state index in [2.05, 4.69) is 0 Å². The zero-order valence-electron chi connectivity index (χ0n) is 14.9. The van der Waals surface area contributed by atoms with Crippen molar-refractivity contribution in [3.63, 3.8) is 0 Å². The van der Waals surface area contributed by atoms with Gasteiger partial charge in [-0.2, -0.15) is 0 Å². The van der Waals surface area contributed by atoms with E-state index in [1.54, 1.807) is 12.1 Å². The number of pyridine rings is 1. The van der Waals surface area contributed by atoms with E-state index < -0.39 is 11.8 Å². The first kappa shape index (κ1) is 16.0. The van der Waals surface area contributed by atoms with Crippen molar-refractivity contribution < 1.29 is 9.59 Å². The van der Waals surface area contributed by atoms with E-state index >= 15 is 0 Å². The fourth-order valence-corrected chi connectivity index (χ4v) is 4.57. The minimum Gasteiger partial charge on any atom is -0.347 e. The summed E-state index contributed by atoms with van der Waals surface area (Å²) in [6.45, 7) is 0. The molecule has 134 valence electrons. The van der Waals surface area contributed by atoms with Gasteiger partial charge in [0, 0.05) is 30.1 Å². The van der Waals surface area contributed by atoms with Gasteiger partial charge in [-0.3, -0.25) is 19.3 Å². The molecule has 2 unspecified atom stereocenters. The van der Waals surface area contributed by atoms with E-state index in [1.165, 1.54) is 4.90 Å². The third-order valence-corrected chi connectivity index (χ3v) is 5.95. The molecule has 2 aliphatic rings. The summed E-state index contributed by atoms with van der Waals surface area (Å²) >= 11 is 0. The van der Waals surface area contributed by atoms with Crippen molar-refractivity contribution in [1.29, 1.82) is 0 Å². The van der Waals surface area contributed by atoms with E-state index in [4.69, 9.17) is 0 Å². The number of hydrogen-bond donors (Lipinski definition) is 0. The van der Waals surface area contributed by atoms with Crippen LogP contribution in [0.5, 0.6) is 0 Å². The first-order chi connectivity index (χ1) is 13.1. The molecular weight excluding hydrogens is 340 g/mol. The van der Waals surface area contributed by atoms with Crippen LogP contribution in [0.2, 0.25) is 0 Å². The van der Waals surface area contributed by atoms with E-state index in [1.807, 2.05) is 54.1 Å². The van der Waals surface area contributed by atoms with Crippen LogP contribution in [-0.2, 0) is 29.5 Å². The lowest BCUT2D eigenvalue weighted by Gasteiger charge is -2.26. The maximum atomic E-state index is 13.0. The number of para-hydroxylation sites is 2. The van der Waals surface area contributed by atoms with Crippen LogP contribution in [0, 0.1) is 11.8 Å².